The van der Waals surface area contributed by atoms with E-state index in [0.29, 0.717) is 18.2 Å². The molecule has 0 radical (unpaired) electrons. The van der Waals surface area contributed by atoms with Crippen LogP contribution in [-0.2, 0) is 18.4 Å². The predicted octanol–water partition coefficient (Wildman–Crippen LogP) is 1.54. The maximum atomic E-state index is 6.00. The van der Waals surface area contributed by atoms with Crippen molar-refractivity contribution in [2.24, 2.45) is 7.05 Å². The highest BCUT2D eigenvalue weighted by Crippen LogP contribution is 2.45. The lowest BCUT2D eigenvalue weighted by atomic mass is 10.0. The van der Waals surface area contributed by atoms with Crippen molar-refractivity contribution in [1.29, 1.82) is 0 Å². The van der Waals surface area contributed by atoms with E-state index in [1.165, 1.54) is 0 Å². The molecule has 1 aliphatic rings. The van der Waals surface area contributed by atoms with Crippen molar-refractivity contribution in [2.75, 3.05) is 19.6 Å². The maximum Gasteiger partial charge on any atom is 0.231 e. The Morgan fingerprint density at radius 3 is 2.79 bits per heavy atom. The first-order chi connectivity index (χ1) is 9.22. The molecule has 2 N–H and O–H groups in total. The van der Waals surface area contributed by atoms with Gasteiger partial charge >= 0.3 is 0 Å². The number of anilines is 1. The fourth-order valence-corrected chi connectivity index (χ4v) is 2.19. The molecule has 0 saturated heterocycles. The maximum absolute atomic E-state index is 6.00. The number of rotatable bonds is 3. The molecule has 1 aromatic carbocycles. The second-order valence-electron chi connectivity index (χ2n) is 4.34. The third-order valence-corrected chi connectivity index (χ3v) is 3.17. The number of nitrogens with zero attached hydrogens (tertiary/aromatic N) is 2. The van der Waals surface area contributed by atoms with Crippen LogP contribution in [0.3, 0.4) is 0 Å². The first-order valence-electron chi connectivity index (χ1n) is 5.90. The fourth-order valence-electron chi connectivity index (χ4n) is 2.19. The standard InChI is InChI=1S/C13H15N3O3/c1-16-13(14)10(5-15-16)9-4-3-8(6-17-2)11-12(9)19-7-18-11/h3-5H,6-7,14H2,1-2H3. The summed E-state index contributed by atoms with van der Waals surface area (Å²) >= 11 is 0. The molecule has 2 aromatic rings. The Morgan fingerprint density at radius 1 is 1.32 bits per heavy atom. The van der Waals surface area contributed by atoms with Gasteiger partial charge in [0.1, 0.15) is 5.82 Å². The zero-order chi connectivity index (χ0) is 13.4. The molecule has 0 saturated carbocycles. The van der Waals surface area contributed by atoms with Crippen LogP contribution < -0.4 is 15.2 Å². The van der Waals surface area contributed by atoms with Crippen LogP contribution in [0.5, 0.6) is 11.5 Å². The van der Waals surface area contributed by atoms with E-state index in [9.17, 15) is 0 Å². The van der Waals surface area contributed by atoms with Crippen LogP contribution in [0.4, 0.5) is 5.82 Å². The van der Waals surface area contributed by atoms with Crippen LogP contribution >= 0.6 is 0 Å². The molecule has 6 heteroatoms. The van der Waals surface area contributed by atoms with Crippen molar-refractivity contribution in [3.05, 3.63) is 23.9 Å². The molecule has 19 heavy (non-hydrogen) atoms. The summed E-state index contributed by atoms with van der Waals surface area (Å²) in [6, 6.07) is 3.91. The van der Waals surface area contributed by atoms with Crippen molar-refractivity contribution in [3.8, 4) is 22.6 Å². The second kappa shape index (κ2) is 4.47. The van der Waals surface area contributed by atoms with Crippen molar-refractivity contribution in [1.82, 2.24) is 9.78 Å². The van der Waals surface area contributed by atoms with Gasteiger partial charge in [0, 0.05) is 30.8 Å². The third kappa shape index (κ3) is 1.80. The average molecular weight is 261 g/mol. The Bertz CT molecular complexity index is 622. The van der Waals surface area contributed by atoms with E-state index in [-0.39, 0.29) is 6.79 Å². The topological polar surface area (TPSA) is 71.5 Å². The van der Waals surface area contributed by atoms with Crippen LogP contribution in [0.2, 0.25) is 0 Å². The Hall–Kier alpha value is -2.21. The number of hydrogen-bond acceptors (Lipinski definition) is 5. The summed E-state index contributed by atoms with van der Waals surface area (Å²) in [5.74, 6) is 2.02. The molecule has 1 aliphatic heterocycles. The Kier molecular flexibility index (Phi) is 2.79. The Morgan fingerprint density at radius 2 is 2.11 bits per heavy atom. The molecule has 0 amide bonds. The summed E-state index contributed by atoms with van der Waals surface area (Å²) in [4.78, 5) is 0. The first-order valence-corrected chi connectivity index (χ1v) is 5.90. The molecule has 1 aromatic heterocycles. The summed E-state index contributed by atoms with van der Waals surface area (Å²) in [5, 5.41) is 4.15. The molecule has 0 aliphatic carbocycles. The zero-order valence-electron chi connectivity index (χ0n) is 10.8. The van der Waals surface area contributed by atoms with E-state index in [1.807, 2.05) is 12.1 Å². The van der Waals surface area contributed by atoms with Crippen LogP contribution in [0.25, 0.3) is 11.1 Å². The highest BCUT2D eigenvalue weighted by atomic mass is 16.7. The van der Waals surface area contributed by atoms with Gasteiger partial charge in [-0.15, -0.1) is 0 Å². The molecule has 6 nitrogen and oxygen atoms in total. The molecule has 3 rings (SSSR count). The van der Waals surface area contributed by atoms with Crippen molar-refractivity contribution in [3.63, 3.8) is 0 Å². The van der Waals surface area contributed by atoms with Gasteiger partial charge < -0.3 is 19.9 Å². The van der Waals surface area contributed by atoms with E-state index in [1.54, 1.807) is 25.0 Å². The van der Waals surface area contributed by atoms with Crippen molar-refractivity contribution < 1.29 is 14.2 Å². The quantitative estimate of drug-likeness (QED) is 0.907. The van der Waals surface area contributed by atoms with Crippen LogP contribution in [0, 0.1) is 0 Å². The largest absolute Gasteiger partial charge is 0.453 e. The van der Waals surface area contributed by atoms with Crippen LogP contribution in [0.15, 0.2) is 18.3 Å². The van der Waals surface area contributed by atoms with Gasteiger partial charge in [-0.3, -0.25) is 4.68 Å². The van der Waals surface area contributed by atoms with E-state index in [4.69, 9.17) is 19.9 Å². The molecule has 0 unspecified atom stereocenters. The number of methoxy groups -OCH3 is 1. The Balaban J connectivity index is 2.14. The molecule has 0 atom stereocenters. The average Bonchev–Trinajstić information content (AvgIpc) is 3.00. The third-order valence-electron chi connectivity index (χ3n) is 3.17. The molecule has 0 bridgehead atoms. The summed E-state index contributed by atoms with van der Waals surface area (Å²) < 4.78 is 17.9. The summed E-state index contributed by atoms with van der Waals surface area (Å²) in [5.41, 5.74) is 8.69. The van der Waals surface area contributed by atoms with Gasteiger partial charge in [0.25, 0.3) is 0 Å². The van der Waals surface area contributed by atoms with Gasteiger partial charge in [-0.2, -0.15) is 5.10 Å². The summed E-state index contributed by atoms with van der Waals surface area (Å²) in [6.07, 6.45) is 1.72. The minimum atomic E-state index is 0.212. The van der Waals surface area contributed by atoms with Crippen molar-refractivity contribution in [2.45, 2.75) is 6.61 Å². The van der Waals surface area contributed by atoms with Gasteiger partial charge in [0.15, 0.2) is 11.5 Å². The van der Waals surface area contributed by atoms with Crippen molar-refractivity contribution >= 4 is 5.82 Å². The zero-order valence-corrected chi connectivity index (χ0v) is 10.8. The van der Waals surface area contributed by atoms with Crippen LogP contribution in [0.1, 0.15) is 5.56 Å². The number of nitrogen functional groups attached to an aromatic ring is 1. The lowest BCUT2D eigenvalue weighted by molar-refractivity contribution is 0.163. The van der Waals surface area contributed by atoms with Gasteiger partial charge in [-0.1, -0.05) is 6.07 Å². The Labute approximate surface area is 110 Å². The minimum Gasteiger partial charge on any atom is -0.453 e. The van der Waals surface area contributed by atoms with Gasteiger partial charge in [-0.05, 0) is 6.07 Å². The number of nitrogens with two attached hydrogens (primary N) is 1. The van der Waals surface area contributed by atoms with Gasteiger partial charge in [0.05, 0.1) is 12.8 Å². The molecule has 0 spiro atoms. The summed E-state index contributed by atoms with van der Waals surface area (Å²) in [6.45, 7) is 0.692. The van der Waals surface area contributed by atoms with E-state index in [2.05, 4.69) is 5.10 Å². The number of aromatic nitrogens is 2. The lowest BCUT2D eigenvalue weighted by Crippen LogP contribution is -1.98. The second-order valence-corrected chi connectivity index (χ2v) is 4.34. The highest BCUT2D eigenvalue weighted by Gasteiger charge is 2.24. The number of ether oxygens (including phenoxy) is 3. The number of hydrogen-bond donors (Lipinski definition) is 1. The molecule has 100 valence electrons. The fraction of sp³-hybridized carbons (Fsp3) is 0.308. The lowest BCUT2D eigenvalue weighted by Gasteiger charge is -2.09. The highest BCUT2D eigenvalue weighted by molar-refractivity contribution is 5.81. The molecular formula is C13H15N3O3. The summed E-state index contributed by atoms with van der Waals surface area (Å²) in [7, 11) is 3.45. The monoisotopic (exact) mass is 261 g/mol. The molecule has 0 fully saturated rings. The van der Waals surface area contributed by atoms with Gasteiger partial charge in [0.2, 0.25) is 6.79 Å². The minimum absolute atomic E-state index is 0.212. The smallest absolute Gasteiger partial charge is 0.231 e. The molecular weight excluding hydrogens is 246 g/mol. The SMILES string of the molecule is COCc1ccc(-c2cnn(C)c2N)c2c1OCO2. The van der Waals surface area contributed by atoms with E-state index >= 15 is 0 Å². The first kappa shape index (κ1) is 11.9. The normalized spacial score (nSPS) is 12.9. The van der Waals surface area contributed by atoms with Crippen LogP contribution in [-0.4, -0.2) is 23.7 Å². The van der Waals surface area contributed by atoms with E-state index in [0.717, 1.165) is 22.4 Å². The number of aryl methyl sites for hydroxylation is 1. The van der Waals surface area contributed by atoms with Gasteiger partial charge in [-0.25, -0.2) is 0 Å². The number of benzene rings is 1. The molecule has 2 heterocycles. The predicted molar refractivity (Wildman–Crippen MR) is 69.9 cm³/mol. The number of fused-ring (bicyclic) bond motifs is 1. The van der Waals surface area contributed by atoms with E-state index < -0.39 is 0 Å².